The molecule has 0 saturated heterocycles. The van der Waals surface area contributed by atoms with E-state index in [0.29, 0.717) is 5.58 Å². The number of fused-ring (bicyclic) bond motifs is 3. The zero-order valence-electron chi connectivity index (χ0n) is 13.9. The molecule has 0 saturated carbocycles. The van der Waals surface area contributed by atoms with Crippen molar-refractivity contribution in [2.45, 2.75) is 52.9 Å². The molecule has 0 amide bonds. The molecular formula is C19H22O3. The summed E-state index contributed by atoms with van der Waals surface area (Å²) in [7, 11) is 0. The summed E-state index contributed by atoms with van der Waals surface area (Å²) < 4.78 is 11.4. The summed E-state index contributed by atoms with van der Waals surface area (Å²) in [5.74, 6) is 0. The van der Waals surface area contributed by atoms with Gasteiger partial charge in [0, 0.05) is 17.0 Å². The lowest BCUT2D eigenvalue weighted by molar-refractivity contribution is 0.553. The fourth-order valence-electron chi connectivity index (χ4n) is 3.14. The first kappa shape index (κ1) is 14.9. The van der Waals surface area contributed by atoms with Gasteiger partial charge in [-0.1, -0.05) is 34.1 Å². The van der Waals surface area contributed by atoms with E-state index >= 15 is 0 Å². The molecule has 0 unspecified atom stereocenters. The van der Waals surface area contributed by atoms with Crippen LogP contribution in [0.2, 0.25) is 0 Å². The van der Waals surface area contributed by atoms with Gasteiger partial charge in [-0.3, -0.25) is 0 Å². The maximum absolute atomic E-state index is 11.8. The van der Waals surface area contributed by atoms with Crippen molar-refractivity contribution in [3.05, 3.63) is 45.5 Å². The van der Waals surface area contributed by atoms with Crippen molar-refractivity contribution in [3.63, 3.8) is 0 Å². The zero-order valence-corrected chi connectivity index (χ0v) is 13.9. The van der Waals surface area contributed by atoms with Gasteiger partial charge in [0.25, 0.3) is 0 Å². The molecule has 2 heterocycles. The van der Waals surface area contributed by atoms with Crippen LogP contribution in [0.1, 0.15) is 50.8 Å². The first-order chi connectivity index (χ1) is 10.3. The molecule has 0 atom stereocenters. The molecule has 0 N–H and O–H groups in total. The first-order valence-electron chi connectivity index (χ1n) is 7.81. The quantitative estimate of drug-likeness (QED) is 0.618. The second-order valence-corrected chi connectivity index (χ2v) is 7.01. The normalized spacial score (nSPS) is 12.4. The summed E-state index contributed by atoms with van der Waals surface area (Å²) in [6, 6.07) is 3.56. The van der Waals surface area contributed by atoms with Crippen LogP contribution in [0.15, 0.2) is 32.0 Å². The molecule has 0 aliphatic heterocycles. The van der Waals surface area contributed by atoms with Crippen molar-refractivity contribution in [3.8, 4) is 0 Å². The monoisotopic (exact) mass is 298 g/mol. The van der Waals surface area contributed by atoms with Gasteiger partial charge < -0.3 is 8.83 Å². The highest BCUT2D eigenvalue weighted by atomic mass is 16.4. The van der Waals surface area contributed by atoms with Crippen LogP contribution in [0.25, 0.3) is 21.9 Å². The van der Waals surface area contributed by atoms with Crippen LogP contribution in [-0.2, 0) is 11.8 Å². The molecule has 116 valence electrons. The zero-order chi connectivity index (χ0) is 16.1. The average Bonchev–Trinajstić information content (AvgIpc) is 2.83. The Morgan fingerprint density at radius 1 is 1.14 bits per heavy atom. The van der Waals surface area contributed by atoms with Gasteiger partial charge >= 0.3 is 5.63 Å². The van der Waals surface area contributed by atoms with Crippen molar-refractivity contribution in [1.82, 2.24) is 0 Å². The van der Waals surface area contributed by atoms with Crippen molar-refractivity contribution in [2.75, 3.05) is 0 Å². The van der Waals surface area contributed by atoms with Gasteiger partial charge in [-0.15, -0.1) is 0 Å². The van der Waals surface area contributed by atoms with Crippen LogP contribution in [0.3, 0.4) is 0 Å². The van der Waals surface area contributed by atoms with Gasteiger partial charge in [0.05, 0.1) is 11.6 Å². The van der Waals surface area contributed by atoms with E-state index in [4.69, 9.17) is 8.83 Å². The highest BCUT2D eigenvalue weighted by Gasteiger charge is 2.23. The minimum Gasteiger partial charge on any atom is -0.463 e. The molecule has 2 aromatic heterocycles. The first-order valence-corrected chi connectivity index (χ1v) is 7.81. The van der Waals surface area contributed by atoms with Crippen LogP contribution in [0, 0.1) is 6.92 Å². The molecule has 3 heteroatoms. The molecule has 0 aliphatic rings. The van der Waals surface area contributed by atoms with Crippen LogP contribution in [-0.4, -0.2) is 0 Å². The number of rotatable bonds is 2. The molecule has 3 aromatic rings. The van der Waals surface area contributed by atoms with Gasteiger partial charge in [-0.05, 0) is 36.0 Å². The third kappa shape index (κ3) is 2.25. The Kier molecular flexibility index (Phi) is 3.39. The third-order valence-electron chi connectivity index (χ3n) is 4.16. The van der Waals surface area contributed by atoms with E-state index in [0.717, 1.165) is 40.3 Å². The lowest BCUT2D eigenvalue weighted by atomic mass is 9.85. The van der Waals surface area contributed by atoms with Crippen LogP contribution in [0.5, 0.6) is 0 Å². The van der Waals surface area contributed by atoms with Crippen molar-refractivity contribution < 1.29 is 8.83 Å². The summed E-state index contributed by atoms with van der Waals surface area (Å²) in [6.45, 7) is 10.7. The SMILES string of the molecule is CCCc1cc(=O)oc2cc(C)c3c(C(C)(C)C)coc3c12. The molecule has 3 nitrogen and oxygen atoms in total. The largest absolute Gasteiger partial charge is 0.463 e. The van der Waals surface area contributed by atoms with Crippen molar-refractivity contribution in [1.29, 1.82) is 0 Å². The highest BCUT2D eigenvalue weighted by molar-refractivity contribution is 6.06. The second-order valence-electron chi connectivity index (χ2n) is 7.01. The summed E-state index contributed by atoms with van der Waals surface area (Å²) in [5, 5.41) is 2.09. The topological polar surface area (TPSA) is 43.4 Å². The number of hydrogen-bond donors (Lipinski definition) is 0. The lowest BCUT2D eigenvalue weighted by Gasteiger charge is -2.17. The van der Waals surface area contributed by atoms with E-state index in [-0.39, 0.29) is 11.0 Å². The van der Waals surface area contributed by atoms with Gasteiger partial charge in [0.2, 0.25) is 0 Å². The van der Waals surface area contributed by atoms with E-state index in [1.165, 1.54) is 5.56 Å². The third-order valence-corrected chi connectivity index (χ3v) is 4.16. The van der Waals surface area contributed by atoms with E-state index in [2.05, 4.69) is 27.7 Å². The Hall–Kier alpha value is -2.03. The van der Waals surface area contributed by atoms with Crippen LogP contribution in [0.4, 0.5) is 0 Å². The van der Waals surface area contributed by atoms with E-state index < -0.39 is 0 Å². The highest BCUT2D eigenvalue weighted by Crippen LogP contribution is 2.38. The Balaban J connectivity index is 2.50. The maximum atomic E-state index is 11.8. The standard InChI is InChI=1S/C19H22O3/c1-6-7-12-9-15(20)22-14-8-11(2)16-13(19(3,4)5)10-21-18(16)17(12)14/h8-10H,6-7H2,1-5H3. The smallest absolute Gasteiger partial charge is 0.336 e. The summed E-state index contributed by atoms with van der Waals surface area (Å²) >= 11 is 0. The molecule has 22 heavy (non-hydrogen) atoms. The molecule has 0 radical (unpaired) electrons. The van der Waals surface area contributed by atoms with Gasteiger partial charge in [-0.2, -0.15) is 0 Å². The average molecular weight is 298 g/mol. The molecule has 0 fully saturated rings. The Morgan fingerprint density at radius 2 is 1.86 bits per heavy atom. The lowest BCUT2D eigenvalue weighted by Crippen LogP contribution is -2.10. The van der Waals surface area contributed by atoms with E-state index in [1.54, 1.807) is 6.07 Å². The summed E-state index contributed by atoms with van der Waals surface area (Å²) in [5.41, 5.74) is 4.45. The Bertz CT molecular complexity index is 904. The number of hydrogen-bond acceptors (Lipinski definition) is 3. The Morgan fingerprint density at radius 3 is 2.50 bits per heavy atom. The molecule has 3 rings (SSSR count). The number of aryl methyl sites for hydroxylation is 2. The minimum absolute atomic E-state index is 0.00419. The van der Waals surface area contributed by atoms with Gasteiger partial charge in [0.1, 0.15) is 11.2 Å². The molecular weight excluding hydrogens is 276 g/mol. The second kappa shape index (κ2) is 5.01. The van der Waals surface area contributed by atoms with Gasteiger partial charge in [0.15, 0.2) is 0 Å². The molecule has 1 aromatic carbocycles. The van der Waals surface area contributed by atoms with Crippen LogP contribution >= 0.6 is 0 Å². The van der Waals surface area contributed by atoms with Gasteiger partial charge in [-0.25, -0.2) is 4.79 Å². The van der Waals surface area contributed by atoms with Crippen molar-refractivity contribution in [2.24, 2.45) is 0 Å². The van der Waals surface area contributed by atoms with E-state index in [9.17, 15) is 4.79 Å². The Labute approximate surface area is 129 Å². The fraction of sp³-hybridized carbons (Fsp3) is 0.421. The van der Waals surface area contributed by atoms with Crippen LogP contribution < -0.4 is 5.63 Å². The number of benzene rings is 1. The predicted octanol–water partition coefficient (Wildman–Crippen LogP) is 5.10. The molecule has 0 aliphatic carbocycles. The summed E-state index contributed by atoms with van der Waals surface area (Å²) in [4.78, 5) is 11.8. The predicted molar refractivity (Wildman–Crippen MR) is 89.7 cm³/mol. The fourth-order valence-corrected chi connectivity index (χ4v) is 3.14. The van der Waals surface area contributed by atoms with Crippen molar-refractivity contribution >= 4 is 21.9 Å². The number of furan rings is 1. The molecule has 0 bridgehead atoms. The van der Waals surface area contributed by atoms with E-state index in [1.807, 2.05) is 19.3 Å². The maximum Gasteiger partial charge on any atom is 0.336 e. The minimum atomic E-state index is -0.294. The molecule has 0 spiro atoms. The summed E-state index contributed by atoms with van der Waals surface area (Å²) in [6.07, 6.45) is 3.66.